The monoisotopic (exact) mass is 244 g/mol. The van der Waals surface area contributed by atoms with Crippen molar-refractivity contribution in [1.29, 1.82) is 0 Å². The molecule has 0 saturated heterocycles. The second-order valence-corrected chi connectivity index (χ2v) is 3.91. The number of ether oxygens (including phenoxy) is 1. The van der Waals surface area contributed by atoms with Gasteiger partial charge in [-0.15, -0.1) is 0 Å². The SMILES string of the molecule is COc1ccc(CNc2ccc(N)c(N)c2)cn1. The Labute approximate surface area is 106 Å². The lowest BCUT2D eigenvalue weighted by Gasteiger charge is -2.08. The molecule has 0 aliphatic heterocycles. The maximum absolute atomic E-state index is 5.73. The summed E-state index contributed by atoms with van der Waals surface area (Å²) in [6, 6.07) is 9.27. The second-order valence-electron chi connectivity index (χ2n) is 3.91. The third-order valence-corrected chi connectivity index (χ3v) is 2.59. The van der Waals surface area contributed by atoms with E-state index in [-0.39, 0.29) is 0 Å². The maximum atomic E-state index is 5.73. The Hall–Kier alpha value is -2.43. The molecule has 0 atom stereocenters. The smallest absolute Gasteiger partial charge is 0.212 e. The van der Waals surface area contributed by atoms with Gasteiger partial charge >= 0.3 is 0 Å². The van der Waals surface area contributed by atoms with Crippen LogP contribution in [0, 0.1) is 0 Å². The van der Waals surface area contributed by atoms with E-state index in [0.29, 0.717) is 23.8 Å². The van der Waals surface area contributed by atoms with E-state index in [1.807, 2.05) is 24.3 Å². The zero-order chi connectivity index (χ0) is 13.0. The number of pyridine rings is 1. The molecular weight excluding hydrogens is 228 g/mol. The van der Waals surface area contributed by atoms with Crippen LogP contribution in [0.1, 0.15) is 5.56 Å². The number of hydrogen-bond donors (Lipinski definition) is 3. The highest BCUT2D eigenvalue weighted by Crippen LogP contribution is 2.20. The Morgan fingerprint density at radius 3 is 2.61 bits per heavy atom. The number of nitrogens with two attached hydrogens (primary N) is 2. The van der Waals surface area contributed by atoms with Crippen LogP contribution < -0.4 is 21.5 Å². The van der Waals surface area contributed by atoms with Crippen LogP contribution in [0.15, 0.2) is 36.5 Å². The van der Waals surface area contributed by atoms with E-state index >= 15 is 0 Å². The quantitative estimate of drug-likeness (QED) is 0.715. The van der Waals surface area contributed by atoms with E-state index in [4.69, 9.17) is 16.2 Å². The highest BCUT2D eigenvalue weighted by atomic mass is 16.5. The summed E-state index contributed by atoms with van der Waals surface area (Å²) in [7, 11) is 1.59. The first-order valence-electron chi connectivity index (χ1n) is 5.57. The highest BCUT2D eigenvalue weighted by molar-refractivity contribution is 5.69. The number of aromatic nitrogens is 1. The van der Waals surface area contributed by atoms with E-state index in [1.54, 1.807) is 19.4 Å². The van der Waals surface area contributed by atoms with Crippen molar-refractivity contribution in [2.24, 2.45) is 0 Å². The van der Waals surface area contributed by atoms with Crippen molar-refractivity contribution < 1.29 is 4.74 Å². The zero-order valence-electron chi connectivity index (χ0n) is 10.2. The van der Waals surface area contributed by atoms with Gasteiger partial charge in [-0.05, 0) is 23.8 Å². The molecule has 5 heteroatoms. The number of methoxy groups -OCH3 is 1. The molecule has 0 saturated carbocycles. The molecule has 94 valence electrons. The Morgan fingerprint density at radius 2 is 2.00 bits per heavy atom. The summed E-state index contributed by atoms with van der Waals surface area (Å²) in [5.41, 5.74) is 14.5. The van der Waals surface area contributed by atoms with Crippen LogP contribution in [-0.4, -0.2) is 12.1 Å². The Kier molecular flexibility index (Phi) is 3.52. The minimum absolute atomic E-state index is 0.577. The van der Waals surface area contributed by atoms with Crippen LogP contribution in [0.2, 0.25) is 0 Å². The molecule has 0 fully saturated rings. The topological polar surface area (TPSA) is 86.2 Å². The molecular formula is C13H16N4O. The van der Waals surface area contributed by atoms with Crippen molar-refractivity contribution in [2.75, 3.05) is 23.9 Å². The zero-order valence-corrected chi connectivity index (χ0v) is 10.2. The number of nitrogens with zero attached hydrogens (tertiary/aromatic N) is 1. The summed E-state index contributed by atoms with van der Waals surface area (Å²) in [4.78, 5) is 4.13. The van der Waals surface area contributed by atoms with Gasteiger partial charge in [0.15, 0.2) is 0 Å². The van der Waals surface area contributed by atoms with E-state index < -0.39 is 0 Å². The van der Waals surface area contributed by atoms with Crippen molar-refractivity contribution in [1.82, 2.24) is 4.98 Å². The number of nitrogen functional groups attached to an aromatic ring is 2. The van der Waals surface area contributed by atoms with Crippen LogP contribution in [0.25, 0.3) is 0 Å². The summed E-state index contributed by atoms with van der Waals surface area (Å²) in [6.45, 7) is 0.667. The van der Waals surface area contributed by atoms with Gasteiger partial charge in [0.25, 0.3) is 0 Å². The van der Waals surface area contributed by atoms with Crippen LogP contribution in [-0.2, 0) is 6.54 Å². The second kappa shape index (κ2) is 5.27. The minimum atomic E-state index is 0.577. The Morgan fingerprint density at radius 1 is 1.17 bits per heavy atom. The van der Waals surface area contributed by atoms with Crippen molar-refractivity contribution in [3.8, 4) is 5.88 Å². The Bertz CT molecular complexity index is 525. The molecule has 18 heavy (non-hydrogen) atoms. The first-order valence-corrected chi connectivity index (χ1v) is 5.57. The van der Waals surface area contributed by atoms with Gasteiger partial charge in [-0.25, -0.2) is 4.98 Å². The number of anilines is 3. The number of rotatable bonds is 4. The van der Waals surface area contributed by atoms with Crippen LogP contribution >= 0.6 is 0 Å². The lowest BCUT2D eigenvalue weighted by molar-refractivity contribution is 0.397. The van der Waals surface area contributed by atoms with Crippen LogP contribution in [0.3, 0.4) is 0 Å². The third-order valence-electron chi connectivity index (χ3n) is 2.59. The average molecular weight is 244 g/mol. The molecule has 1 aromatic heterocycles. The molecule has 1 aromatic carbocycles. The molecule has 2 rings (SSSR count). The third kappa shape index (κ3) is 2.82. The van der Waals surface area contributed by atoms with Crippen LogP contribution in [0.4, 0.5) is 17.1 Å². The first kappa shape index (κ1) is 12.0. The molecule has 1 heterocycles. The molecule has 0 aliphatic rings. The molecule has 0 bridgehead atoms. The average Bonchev–Trinajstić information content (AvgIpc) is 2.41. The van der Waals surface area contributed by atoms with Crippen LogP contribution in [0.5, 0.6) is 5.88 Å². The summed E-state index contributed by atoms with van der Waals surface area (Å²) in [6.07, 6.45) is 1.77. The molecule has 5 N–H and O–H groups in total. The normalized spacial score (nSPS) is 10.1. The fourth-order valence-electron chi connectivity index (χ4n) is 1.53. The number of benzene rings is 1. The number of hydrogen-bond acceptors (Lipinski definition) is 5. The molecule has 0 unspecified atom stereocenters. The van der Waals surface area contributed by atoms with E-state index in [9.17, 15) is 0 Å². The fourth-order valence-corrected chi connectivity index (χ4v) is 1.53. The van der Waals surface area contributed by atoms with E-state index in [1.165, 1.54) is 0 Å². The minimum Gasteiger partial charge on any atom is -0.481 e. The molecule has 5 nitrogen and oxygen atoms in total. The predicted molar refractivity (Wildman–Crippen MR) is 73.4 cm³/mol. The van der Waals surface area contributed by atoms with Crippen molar-refractivity contribution in [3.63, 3.8) is 0 Å². The molecule has 0 aliphatic carbocycles. The van der Waals surface area contributed by atoms with Gasteiger partial charge in [0.05, 0.1) is 18.5 Å². The summed E-state index contributed by atoms with van der Waals surface area (Å²) >= 11 is 0. The fraction of sp³-hybridized carbons (Fsp3) is 0.154. The van der Waals surface area contributed by atoms with Crippen molar-refractivity contribution in [3.05, 3.63) is 42.1 Å². The highest BCUT2D eigenvalue weighted by Gasteiger charge is 1.99. The van der Waals surface area contributed by atoms with E-state index in [0.717, 1.165) is 11.3 Å². The number of nitrogens with one attached hydrogen (secondary N) is 1. The first-order chi connectivity index (χ1) is 8.69. The summed E-state index contributed by atoms with van der Waals surface area (Å²) in [5, 5.41) is 3.25. The standard InChI is InChI=1S/C13H16N4O/c1-18-13-5-2-9(8-17-13)7-16-10-3-4-11(14)12(15)6-10/h2-6,8,16H,7,14-15H2,1H3. The molecule has 0 spiro atoms. The molecule has 2 aromatic rings. The largest absolute Gasteiger partial charge is 0.481 e. The van der Waals surface area contributed by atoms with Gasteiger partial charge in [-0.3, -0.25) is 0 Å². The lowest BCUT2D eigenvalue weighted by Crippen LogP contribution is -2.02. The lowest BCUT2D eigenvalue weighted by atomic mass is 10.2. The van der Waals surface area contributed by atoms with Gasteiger partial charge in [0.2, 0.25) is 5.88 Å². The van der Waals surface area contributed by atoms with Gasteiger partial charge < -0.3 is 21.5 Å². The maximum Gasteiger partial charge on any atom is 0.212 e. The van der Waals surface area contributed by atoms with Gasteiger partial charge in [-0.1, -0.05) is 6.07 Å². The van der Waals surface area contributed by atoms with Gasteiger partial charge in [-0.2, -0.15) is 0 Å². The molecule has 0 amide bonds. The van der Waals surface area contributed by atoms with E-state index in [2.05, 4.69) is 10.3 Å². The van der Waals surface area contributed by atoms with Gasteiger partial charge in [0, 0.05) is 24.5 Å². The Balaban J connectivity index is 1.99. The van der Waals surface area contributed by atoms with Crippen molar-refractivity contribution in [2.45, 2.75) is 6.54 Å². The van der Waals surface area contributed by atoms with Crippen molar-refractivity contribution >= 4 is 17.1 Å². The summed E-state index contributed by atoms with van der Waals surface area (Å²) in [5.74, 6) is 0.607. The summed E-state index contributed by atoms with van der Waals surface area (Å²) < 4.78 is 5.00. The predicted octanol–water partition coefficient (Wildman–Crippen LogP) is 1.87. The van der Waals surface area contributed by atoms with Gasteiger partial charge in [0.1, 0.15) is 0 Å². The molecule has 0 radical (unpaired) electrons.